The highest BCUT2D eigenvalue weighted by Gasteiger charge is 2.31. The molecule has 1 atom stereocenters. The smallest absolute Gasteiger partial charge is 0.309 e. The molecule has 27 heavy (non-hydrogen) atoms. The van der Waals surface area contributed by atoms with Crippen LogP contribution in [0.1, 0.15) is 5.56 Å². The minimum atomic E-state index is -1.93. The molecule has 1 aromatic heterocycles. The molecule has 0 saturated heterocycles. The van der Waals surface area contributed by atoms with Gasteiger partial charge in [-0.2, -0.15) is 0 Å². The van der Waals surface area contributed by atoms with Gasteiger partial charge in [-0.05, 0) is 43.9 Å². The van der Waals surface area contributed by atoms with Gasteiger partial charge in [0.2, 0.25) is 8.32 Å². The Hall–Kier alpha value is -1.16. The molecule has 0 spiro atoms. The van der Waals surface area contributed by atoms with E-state index in [0.29, 0.717) is 6.42 Å². The van der Waals surface area contributed by atoms with Gasteiger partial charge >= 0.3 is 5.97 Å². The molecule has 0 bridgehead atoms. The number of nitrogens with one attached hydrogen (secondary N) is 1. The first-order valence-corrected chi connectivity index (χ1v) is 20.1. The van der Waals surface area contributed by atoms with Gasteiger partial charge in [0.25, 0.3) is 0 Å². The third-order valence-electron chi connectivity index (χ3n) is 4.24. The largest absolute Gasteiger partial charge is 0.519 e. The summed E-state index contributed by atoms with van der Waals surface area (Å²) in [5, 5.41) is 1.25. The summed E-state index contributed by atoms with van der Waals surface area (Å²) in [6.07, 6.45) is 2.95. The molecule has 1 N–H and O–H groups in total. The van der Waals surface area contributed by atoms with E-state index in [4.69, 9.17) is 4.43 Å². The van der Waals surface area contributed by atoms with Crippen molar-refractivity contribution in [2.75, 3.05) is 0 Å². The van der Waals surface area contributed by atoms with Crippen LogP contribution >= 0.6 is 0 Å². The predicted octanol–water partition coefficient (Wildman–Crippen LogP) is 5.04. The molecule has 7 heteroatoms. The summed E-state index contributed by atoms with van der Waals surface area (Å²) >= 11 is 0. The molecule has 1 heterocycles. The average molecular weight is 421 g/mol. The molecule has 0 aliphatic rings. The topological polar surface area (TPSA) is 43.3 Å². The van der Waals surface area contributed by atoms with E-state index in [1.165, 1.54) is 16.5 Å². The molecule has 0 fully saturated rings. The van der Waals surface area contributed by atoms with Gasteiger partial charge in [0.05, 0.1) is 0 Å². The summed E-state index contributed by atoms with van der Waals surface area (Å²) in [5.41, 5.74) is 2.51. The van der Waals surface area contributed by atoms with Crippen LogP contribution in [0.2, 0.25) is 58.9 Å². The van der Waals surface area contributed by atoms with Gasteiger partial charge in [0, 0.05) is 10.9 Å². The molecule has 0 radical (unpaired) electrons. The molecule has 0 aliphatic carbocycles. The summed E-state index contributed by atoms with van der Waals surface area (Å²) in [6, 6.07) is 8.26. The molecule has 150 valence electrons. The monoisotopic (exact) mass is 420 g/mol. The fourth-order valence-electron chi connectivity index (χ4n) is 3.28. The lowest BCUT2D eigenvalue weighted by molar-refractivity contribution is -0.137. The normalized spacial score (nSPS) is 14.4. The van der Waals surface area contributed by atoms with E-state index in [2.05, 4.69) is 98.6 Å². The highest BCUT2D eigenvalue weighted by Crippen LogP contribution is 2.26. The van der Waals surface area contributed by atoms with Crippen molar-refractivity contribution in [3.8, 4) is 0 Å². The Morgan fingerprint density at radius 3 is 2.15 bits per heavy atom. The Labute approximate surface area is 167 Å². The number of rotatable bonds is 7. The summed E-state index contributed by atoms with van der Waals surface area (Å²) in [7, 11) is -5.11. The van der Waals surface area contributed by atoms with Crippen molar-refractivity contribution in [3.05, 3.63) is 36.0 Å². The Kier molecular flexibility index (Phi) is 6.31. The van der Waals surface area contributed by atoms with E-state index >= 15 is 0 Å². The fraction of sp³-hybridized carbons (Fsp3) is 0.550. The van der Waals surface area contributed by atoms with Crippen molar-refractivity contribution in [1.82, 2.24) is 9.22 Å². The number of nitrogens with zero attached hydrogens (tertiary/aromatic N) is 1. The average Bonchev–Trinajstić information content (AvgIpc) is 2.82. The zero-order chi connectivity index (χ0) is 20.6. The SMILES string of the molecule is C[Si](C)(C)NC(Cc1cn([Si](C)(C)C)c2ccccc12)C(=O)O[Si](C)(C)C. The van der Waals surface area contributed by atoms with Crippen LogP contribution in [0.15, 0.2) is 30.5 Å². The maximum Gasteiger partial charge on any atom is 0.309 e. The fourth-order valence-corrected chi connectivity index (χ4v) is 6.75. The van der Waals surface area contributed by atoms with Crippen molar-refractivity contribution >= 4 is 41.7 Å². The highest BCUT2D eigenvalue weighted by atomic mass is 28.4. The van der Waals surface area contributed by atoms with Gasteiger partial charge in [-0.25, -0.2) is 0 Å². The van der Waals surface area contributed by atoms with Gasteiger partial charge in [-0.1, -0.05) is 57.5 Å². The summed E-state index contributed by atoms with van der Waals surface area (Å²) in [4.78, 5) is 16.6. The van der Waals surface area contributed by atoms with Gasteiger partial charge in [-0.15, -0.1) is 0 Å². The van der Waals surface area contributed by atoms with Crippen LogP contribution in [-0.4, -0.2) is 41.0 Å². The van der Waals surface area contributed by atoms with Gasteiger partial charge in [0.1, 0.15) is 14.3 Å². The van der Waals surface area contributed by atoms with E-state index in [-0.39, 0.29) is 12.0 Å². The Balaban J connectivity index is 2.44. The van der Waals surface area contributed by atoms with Crippen LogP contribution in [0.4, 0.5) is 0 Å². The van der Waals surface area contributed by atoms with Crippen molar-refractivity contribution in [1.29, 1.82) is 0 Å². The highest BCUT2D eigenvalue weighted by molar-refractivity contribution is 6.75. The summed E-state index contributed by atoms with van der Waals surface area (Å²) in [5.74, 6) is -0.0959. The van der Waals surface area contributed by atoms with Crippen molar-refractivity contribution in [2.24, 2.45) is 0 Å². The van der Waals surface area contributed by atoms with Gasteiger partial charge < -0.3 is 13.6 Å². The number of hydrogen-bond acceptors (Lipinski definition) is 3. The maximum atomic E-state index is 13.0. The van der Waals surface area contributed by atoms with Crippen LogP contribution in [0.3, 0.4) is 0 Å². The lowest BCUT2D eigenvalue weighted by Crippen LogP contribution is -2.54. The quantitative estimate of drug-likeness (QED) is 0.638. The van der Waals surface area contributed by atoms with Crippen LogP contribution in [0.25, 0.3) is 10.9 Å². The third kappa shape index (κ3) is 6.17. The number of carbonyl (C=O) groups is 1. The molecule has 1 aromatic carbocycles. The number of benzene rings is 1. The molecular weight excluding hydrogens is 384 g/mol. The van der Waals surface area contributed by atoms with E-state index in [0.717, 1.165) is 0 Å². The zero-order valence-electron chi connectivity index (χ0n) is 18.4. The second-order valence-corrected chi connectivity index (χ2v) is 24.4. The third-order valence-corrected chi connectivity index (χ3v) is 8.08. The molecule has 0 saturated carbocycles. The Morgan fingerprint density at radius 1 is 1.04 bits per heavy atom. The standard InChI is InChI=1S/C20H36N2O2Si3/c1-25(2,3)21-18(20(23)24-27(7,8)9)14-16-15-22(26(4,5)6)19-13-11-10-12-17(16)19/h10-13,15,18,21H,14H2,1-9H3. The number of carbonyl (C=O) groups excluding carboxylic acids is 1. The molecule has 2 aromatic rings. The van der Waals surface area contributed by atoms with Crippen LogP contribution in [-0.2, 0) is 15.6 Å². The molecule has 0 aliphatic heterocycles. The molecular formula is C20H36N2O2Si3. The minimum Gasteiger partial charge on any atom is -0.519 e. The lowest BCUT2D eigenvalue weighted by atomic mass is 10.1. The Bertz CT molecular complexity index is 811. The van der Waals surface area contributed by atoms with Crippen LogP contribution in [0.5, 0.6) is 0 Å². The second-order valence-electron chi connectivity index (χ2n) is 10.4. The van der Waals surface area contributed by atoms with E-state index in [9.17, 15) is 4.79 Å². The number of hydrogen-bond donors (Lipinski definition) is 1. The van der Waals surface area contributed by atoms with Crippen molar-refractivity contribution in [3.63, 3.8) is 0 Å². The number of aromatic nitrogens is 1. The first-order chi connectivity index (χ1) is 12.2. The first-order valence-electron chi connectivity index (χ1n) is 9.77. The predicted molar refractivity (Wildman–Crippen MR) is 124 cm³/mol. The summed E-state index contributed by atoms with van der Waals surface area (Å²) < 4.78 is 8.32. The minimum absolute atomic E-state index is 0.0959. The van der Waals surface area contributed by atoms with Gasteiger partial charge in [-0.3, -0.25) is 4.79 Å². The number of para-hydroxylation sites is 1. The van der Waals surface area contributed by atoms with E-state index in [1.54, 1.807) is 0 Å². The number of fused-ring (bicyclic) bond motifs is 1. The molecule has 4 nitrogen and oxygen atoms in total. The van der Waals surface area contributed by atoms with E-state index < -0.39 is 24.8 Å². The second kappa shape index (κ2) is 7.69. The van der Waals surface area contributed by atoms with Crippen LogP contribution < -0.4 is 4.98 Å². The first kappa shape index (κ1) is 22.1. The zero-order valence-corrected chi connectivity index (χ0v) is 21.4. The van der Waals surface area contributed by atoms with E-state index in [1.807, 2.05) is 0 Å². The molecule has 0 amide bonds. The molecule has 2 rings (SSSR count). The van der Waals surface area contributed by atoms with Crippen molar-refractivity contribution < 1.29 is 9.22 Å². The van der Waals surface area contributed by atoms with Crippen LogP contribution in [0, 0.1) is 0 Å². The van der Waals surface area contributed by atoms with Crippen molar-refractivity contribution in [2.45, 2.75) is 71.4 Å². The molecule has 1 unspecified atom stereocenters. The summed E-state index contributed by atoms with van der Waals surface area (Å²) in [6.45, 7) is 19.9. The van der Waals surface area contributed by atoms with Gasteiger partial charge in [0.15, 0.2) is 8.24 Å². The Morgan fingerprint density at radius 2 is 1.63 bits per heavy atom. The maximum absolute atomic E-state index is 13.0. The lowest BCUT2D eigenvalue weighted by Gasteiger charge is -2.28.